The lowest BCUT2D eigenvalue weighted by Crippen LogP contribution is -2.39. The molecule has 0 spiro atoms. The van der Waals surface area contributed by atoms with Crippen LogP contribution in [0, 0.1) is 5.92 Å². The standard InChI is InChI=1S/C14H24BrN3O/c1-3-13(11-7-5-4-6-8-11)18-14(19)9-12(16-18)10-17(2)15/h11,13H,3-10H2,1-2H3. The largest absolute Gasteiger partial charge is 0.273 e. The van der Waals surface area contributed by atoms with Crippen molar-refractivity contribution in [2.45, 2.75) is 57.9 Å². The molecule has 1 heterocycles. The highest BCUT2D eigenvalue weighted by atomic mass is 79.9. The molecule has 19 heavy (non-hydrogen) atoms. The zero-order valence-electron chi connectivity index (χ0n) is 11.9. The van der Waals surface area contributed by atoms with Crippen molar-refractivity contribution in [3.8, 4) is 0 Å². The molecule has 4 nitrogen and oxygen atoms in total. The fraction of sp³-hybridized carbons (Fsp3) is 0.857. The van der Waals surface area contributed by atoms with E-state index in [2.05, 4.69) is 28.2 Å². The topological polar surface area (TPSA) is 35.9 Å². The van der Waals surface area contributed by atoms with Gasteiger partial charge in [0.2, 0.25) is 5.91 Å². The molecular weight excluding hydrogens is 306 g/mol. The van der Waals surface area contributed by atoms with E-state index in [0.717, 1.165) is 12.1 Å². The summed E-state index contributed by atoms with van der Waals surface area (Å²) >= 11 is 3.38. The molecule has 1 saturated carbocycles. The summed E-state index contributed by atoms with van der Waals surface area (Å²) in [6.07, 6.45) is 7.98. The fourth-order valence-electron chi connectivity index (χ4n) is 3.32. The van der Waals surface area contributed by atoms with Gasteiger partial charge in [0.1, 0.15) is 0 Å². The van der Waals surface area contributed by atoms with Crippen molar-refractivity contribution in [2.24, 2.45) is 11.0 Å². The predicted octanol–water partition coefficient (Wildman–Crippen LogP) is 3.18. The molecule has 0 aromatic carbocycles. The Morgan fingerprint density at radius 3 is 2.68 bits per heavy atom. The van der Waals surface area contributed by atoms with Crippen LogP contribution < -0.4 is 0 Å². The van der Waals surface area contributed by atoms with Gasteiger partial charge in [-0.1, -0.05) is 26.2 Å². The monoisotopic (exact) mass is 329 g/mol. The molecule has 2 aliphatic rings. The maximum atomic E-state index is 12.2. The summed E-state index contributed by atoms with van der Waals surface area (Å²) < 4.78 is 1.89. The highest BCUT2D eigenvalue weighted by molar-refractivity contribution is 9.07. The summed E-state index contributed by atoms with van der Waals surface area (Å²) in [6, 6.07) is 0.311. The fourth-order valence-corrected chi connectivity index (χ4v) is 3.61. The number of hydrogen-bond acceptors (Lipinski definition) is 3. The Morgan fingerprint density at radius 1 is 1.42 bits per heavy atom. The second-order valence-electron chi connectivity index (χ2n) is 5.72. The summed E-state index contributed by atoms with van der Waals surface area (Å²) in [5, 5.41) is 6.38. The molecule has 2 rings (SSSR count). The molecule has 0 bridgehead atoms. The molecular formula is C14H24BrN3O. The van der Waals surface area contributed by atoms with Gasteiger partial charge in [-0.25, -0.2) is 8.93 Å². The quantitative estimate of drug-likeness (QED) is 0.726. The second-order valence-corrected chi connectivity index (χ2v) is 6.93. The third-order valence-corrected chi connectivity index (χ3v) is 4.44. The van der Waals surface area contributed by atoms with E-state index in [1.54, 1.807) is 5.01 Å². The van der Waals surface area contributed by atoms with Crippen molar-refractivity contribution < 1.29 is 4.79 Å². The molecule has 1 fully saturated rings. The van der Waals surface area contributed by atoms with Crippen molar-refractivity contribution in [1.29, 1.82) is 0 Å². The first-order valence-corrected chi connectivity index (χ1v) is 8.08. The smallest absolute Gasteiger partial charge is 0.248 e. The van der Waals surface area contributed by atoms with E-state index >= 15 is 0 Å². The molecule has 0 aromatic heterocycles. The van der Waals surface area contributed by atoms with Gasteiger partial charge in [-0.2, -0.15) is 5.10 Å². The van der Waals surface area contributed by atoms with Gasteiger partial charge in [0.25, 0.3) is 0 Å². The van der Waals surface area contributed by atoms with Crippen molar-refractivity contribution in [2.75, 3.05) is 13.6 Å². The number of hydrogen-bond donors (Lipinski definition) is 0. The molecule has 1 aliphatic carbocycles. The molecule has 0 N–H and O–H groups in total. The van der Waals surface area contributed by atoms with E-state index in [1.165, 1.54) is 32.1 Å². The molecule has 1 amide bonds. The molecule has 108 valence electrons. The van der Waals surface area contributed by atoms with E-state index < -0.39 is 0 Å². The van der Waals surface area contributed by atoms with Crippen LogP contribution in [0.2, 0.25) is 0 Å². The van der Waals surface area contributed by atoms with Crippen LogP contribution in [0.3, 0.4) is 0 Å². The molecule has 1 atom stereocenters. The number of amides is 1. The lowest BCUT2D eigenvalue weighted by molar-refractivity contribution is -0.132. The number of carbonyl (C=O) groups excluding carboxylic acids is 1. The normalized spacial score (nSPS) is 23.1. The Labute approximate surface area is 124 Å². The first kappa shape index (κ1) is 15.0. The summed E-state index contributed by atoms with van der Waals surface area (Å²) in [7, 11) is 1.94. The Morgan fingerprint density at radius 2 is 2.11 bits per heavy atom. The van der Waals surface area contributed by atoms with Crippen molar-refractivity contribution in [3.63, 3.8) is 0 Å². The number of nitrogens with zero attached hydrogens (tertiary/aromatic N) is 3. The summed E-state index contributed by atoms with van der Waals surface area (Å²) in [5.74, 6) is 0.828. The average molecular weight is 330 g/mol. The van der Waals surface area contributed by atoms with E-state index in [9.17, 15) is 4.79 Å². The minimum absolute atomic E-state index is 0.182. The minimum Gasteiger partial charge on any atom is -0.273 e. The van der Waals surface area contributed by atoms with Gasteiger partial charge in [-0.3, -0.25) is 4.79 Å². The third kappa shape index (κ3) is 3.78. The highest BCUT2D eigenvalue weighted by Crippen LogP contribution is 2.32. The van der Waals surface area contributed by atoms with E-state index in [-0.39, 0.29) is 5.91 Å². The van der Waals surface area contributed by atoms with E-state index in [4.69, 9.17) is 0 Å². The van der Waals surface area contributed by atoms with Crippen LogP contribution in [0.25, 0.3) is 0 Å². The van der Waals surface area contributed by atoms with Gasteiger partial charge in [0.05, 0.1) is 18.2 Å². The lowest BCUT2D eigenvalue weighted by Gasteiger charge is -2.33. The van der Waals surface area contributed by atoms with Crippen LogP contribution in [0.15, 0.2) is 5.10 Å². The number of rotatable bonds is 5. The maximum Gasteiger partial charge on any atom is 0.248 e. The van der Waals surface area contributed by atoms with Crippen LogP contribution in [-0.4, -0.2) is 40.2 Å². The van der Waals surface area contributed by atoms with Crippen molar-refractivity contribution in [3.05, 3.63) is 0 Å². The molecule has 0 radical (unpaired) electrons. The summed E-state index contributed by atoms with van der Waals surface area (Å²) in [5.41, 5.74) is 0.971. The Bertz CT molecular complexity index is 351. The highest BCUT2D eigenvalue weighted by Gasteiger charge is 2.34. The number of hydrazone groups is 1. The Kier molecular flexibility index (Phi) is 5.39. The van der Waals surface area contributed by atoms with Crippen LogP contribution in [0.5, 0.6) is 0 Å². The van der Waals surface area contributed by atoms with Gasteiger partial charge in [0, 0.05) is 22.7 Å². The first-order valence-electron chi connectivity index (χ1n) is 7.37. The third-order valence-electron chi connectivity index (χ3n) is 4.19. The van der Waals surface area contributed by atoms with Gasteiger partial charge < -0.3 is 0 Å². The number of halogens is 1. The predicted molar refractivity (Wildman–Crippen MR) is 81.1 cm³/mol. The zero-order valence-corrected chi connectivity index (χ0v) is 13.5. The van der Waals surface area contributed by atoms with Gasteiger partial charge in [-0.05, 0) is 32.2 Å². The first-order chi connectivity index (χ1) is 9.11. The summed E-state index contributed by atoms with van der Waals surface area (Å²) in [4.78, 5) is 12.2. The Hall–Kier alpha value is -0.420. The molecule has 0 saturated heterocycles. The minimum atomic E-state index is 0.182. The lowest BCUT2D eigenvalue weighted by atomic mass is 9.82. The van der Waals surface area contributed by atoms with Crippen molar-refractivity contribution in [1.82, 2.24) is 8.93 Å². The van der Waals surface area contributed by atoms with Gasteiger partial charge in [0.15, 0.2) is 0 Å². The van der Waals surface area contributed by atoms with Crippen LogP contribution >= 0.6 is 16.1 Å². The molecule has 1 unspecified atom stereocenters. The van der Waals surface area contributed by atoms with Gasteiger partial charge >= 0.3 is 0 Å². The second kappa shape index (κ2) is 6.84. The number of carbonyl (C=O) groups is 1. The molecule has 5 heteroatoms. The summed E-state index contributed by atoms with van der Waals surface area (Å²) in [6.45, 7) is 2.89. The maximum absolute atomic E-state index is 12.2. The van der Waals surface area contributed by atoms with E-state index in [0.29, 0.717) is 24.9 Å². The van der Waals surface area contributed by atoms with Crippen LogP contribution in [0.4, 0.5) is 0 Å². The van der Waals surface area contributed by atoms with E-state index in [1.807, 2.05) is 11.0 Å². The Balaban J connectivity index is 2.04. The van der Waals surface area contributed by atoms with Crippen LogP contribution in [0.1, 0.15) is 51.9 Å². The SMILES string of the molecule is CCC(C1CCCCC1)N1N=C(CN(C)Br)CC1=O. The van der Waals surface area contributed by atoms with Crippen molar-refractivity contribution >= 4 is 27.8 Å². The molecule has 1 aliphatic heterocycles. The molecule has 0 aromatic rings. The average Bonchev–Trinajstić information content (AvgIpc) is 2.72. The van der Waals surface area contributed by atoms with Gasteiger partial charge in [-0.15, -0.1) is 0 Å². The van der Waals surface area contributed by atoms with Crippen LogP contribution in [-0.2, 0) is 4.79 Å². The zero-order chi connectivity index (χ0) is 13.8.